The number of nitrogens with zero attached hydrogens (tertiary/aromatic N) is 1. The van der Waals surface area contributed by atoms with E-state index in [0.29, 0.717) is 10.9 Å². The topological polar surface area (TPSA) is 82.6 Å². The van der Waals surface area contributed by atoms with Gasteiger partial charge in [0.2, 0.25) is 10.0 Å². The maximum Gasteiger partial charge on any atom is 0.250 e. The van der Waals surface area contributed by atoms with Crippen LogP contribution in [0, 0.1) is 0 Å². The van der Waals surface area contributed by atoms with Gasteiger partial charge in [0.1, 0.15) is 4.21 Å². The SMILES string of the molecule is CCNC(=NCC1(C)CCCS1)NCCNS(=O)(=O)c1ccc(Cl)s1. The zero-order valence-electron chi connectivity index (χ0n) is 14.5. The summed E-state index contributed by atoms with van der Waals surface area (Å²) in [6.45, 7) is 6.49. The van der Waals surface area contributed by atoms with Crippen LogP contribution in [0.3, 0.4) is 0 Å². The molecule has 1 aliphatic heterocycles. The standard InChI is InChI=1S/C15H25ClN4O2S3/c1-3-17-14(19-11-15(2)7-4-10-23-15)18-8-9-20-25(21,22)13-6-5-12(16)24-13/h5-6,20H,3-4,7-11H2,1-2H3,(H2,17,18,19). The lowest BCUT2D eigenvalue weighted by atomic mass is 10.1. The first kappa shape index (κ1) is 20.8. The lowest BCUT2D eigenvalue weighted by Crippen LogP contribution is -2.42. The zero-order valence-corrected chi connectivity index (χ0v) is 17.7. The third kappa shape index (κ3) is 6.63. The van der Waals surface area contributed by atoms with Gasteiger partial charge in [-0.3, -0.25) is 4.99 Å². The van der Waals surface area contributed by atoms with Crippen molar-refractivity contribution in [1.82, 2.24) is 15.4 Å². The Labute approximate surface area is 163 Å². The predicted molar refractivity (Wildman–Crippen MR) is 109 cm³/mol. The van der Waals surface area contributed by atoms with Crippen molar-refractivity contribution in [1.29, 1.82) is 0 Å². The van der Waals surface area contributed by atoms with Gasteiger partial charge in [-0.2, -0.15) is 11.8 Å². The van der Waals surface area contributed by atoms with Crippen molar-refractivity contribution < 1.29 is 8.42 Å². The van der Waals surface area contributed by atoms with E-state index < -0.39 is 10.0 Å². The lowest BCUT2D eigenvalue weighted by Gasteiger charge is -2.21. The fourth-order valence-corrected chi connectivity index (χ4v) is 6.21. The van der Waals surface area contributed by atoms with Crippen LogP contribution >= 0.6 is 34.7 Å². The van der Waals surface area contributed by atoms with Gasteiger partial charge >= 0.3 is 0 Å². The highest BCUT2D eigenvalue weighted by molar-refractivity contribution is 8.00. The van der Waals surface area contributed by atoms with Crippen molar-refractivity contribution in [3.63, 3.8) is 0 Å². The smallest absolute Gasteiger partial charge is 0.250 e. The van der Waals surface area contributed by atoms with Crippen LogP contribution in [0.25, 0.3) is 0 Å². The third-order valence-electron chi connectivity index (χ3n) is 3.74. The number of guanidine groups is 1. The normalized spacial score (nSPS) is 21.5. The number of thiophene rings is 1. The van der Waals surface area contributed by atoms with Crippen molar-refractivity contribution >= 4 is 50.7 Å². The molecule has 6 nitrogen and oxygen atoms in total. The highest BCUT2D eigenvalue weighted by atomic mass is 35.5. The summed E-state index contributed by atoms with van der Waals surface area (Å²) in [7, 11) is -3.50. The van der Waals surface area contributed by atoms with E-state index in [1.165, 1.54) is 24.7 Å². The average Bonchev–Trinajstić information content (AvgIpc) is 3.18. The van der Waals surface area contributed by atoms with Gasteiger partial charge in [-0.05, 0) is 44.6 Å². The quantitative estimate of drug-likeness (QED) is 0.339. The number of hydrogen-bond acceptors (Lipinski definition) is 5. The lowest BCUT2D eigenvalue weighted by molar-refractivity contribution is 0.582. The summed E-state index contributed by atoms with van der Waals surface area (Å²) in [6.07, 6.45) is 2.43. The molecule has 1 atom stereocenters. The first-order valence-corrected chi connectivity index (χ1v) is 11.9. The van der Waals surface area contributed by atoms with Crippen LogP contribution in [0.4, 0.5) is 0 Å². The second-order valence-electron chi connectivity index (χ2n) is 5.98. The first-order chi connectivity index (χ1) is 11.8. The summed E-state index contributed by atoms with van der Waals surface area (Å²) >= 11 is 8.81. The molecule has 0 spiro atoms. The van der Waals surface area contributed by atoms with Crippen LogP contribution in [-0.2, 0) is 10.0 Å². The molecule has 1 saturated heterocycles. The molecule has 1 aromatic heterocycles. The third-order valence-corrected chi connectivity index (χ3v) is 8.45. The molecule has 2 heterocycles. The Hall–Kier alpha value is -0.480. The Morgan fingerprint density at radius 2 is 2.16 bits per heavy atom. The van der Waals surface area contributed by atoms with Crippen molar-refractivity contribution in [2.45, 2.75) is 35.6 Å². The highest BCUT2D eigenvalue weighted by Crippen LogP contribution is 2.37. The Morgan fingerprint density at radius 3 is 2.76 bits per heavy atom. The van der Waals surface area contributed by atoms with Gasteiger partial charge in [0.15, 0.2) is 5.96 Å². The molecular weight excluding hydrogens is 400 g/mol. The van der Waals surface area contributed by atoms with Gasteiger partial charge in [-0.1, -0.05) is 11.6 Å². The van der Waals surface area contributed by atoms with Crippen molar-refractivity contribution in [2.75, 3.05) is 31.9 Å². The fourth-order valence-electron chi connectivity index (χ4n) is 2.43. The van der Waals surface area contributed by atoms with Gasteiger partial charge in [0.05, 0.1) is 10.9 Å². The minimum Gasteiger partial charge on any atom is -0.357 e. The second-order valence-corrected chi connectivity index (χ2v) is 11.4. The maximum atomic E-state index is 12.1. The summed E-state index contributed by atoms with van der Waals surface area (Å²) in [5.41, 5.74) is 0. The van der Waals surface area contributed by atoms with E-state index in [-0.39, 0.29) is 15.5 Å². The van der Waals surface area contributed by atoms with E-state index in [4.69, 9.17) is 11.6 Å². The van der Waals surface area contributed by atoms with Crippen molar-refractivity contribution in [3.8, 4) is 0 Å². The van der Waals surface area contributed by atoms with E-state index in [0.717, 1.165) is 30.4 Å². The first-order valence-electron chi connectivity index (χ1n) is 8.26. The van der Waals surface area contributed by atoms with Crippen LogP contribution in [0.1, 0.15) is 26.7 Å². The Bertz CT molecular complexity index is 685. The van der Waals surface area contributed by atoms with E-state index in [1.54, 1.807) is 6.07 Å². The summed E-state index contributed by atoms with van der Waals surface area (Å²) in [5.74, 6) is 1.92. The summed E-state index contributed by atoms with van der Waals surface area (Å²) in [4.78, 5) is 4.64. The van der Waals surface area contributed by atoms with E-state index in [9.17, 15) is 8.42 Å². The average molecular weight is 425 g/mol. The van der Waals surface area contributed by atoms with Gasteiger partial charge in [0.25, 0.3) is 0 Å². The maximum absolute atomic E-state index is 12.1. The summed E-state index contributed by atoms with van der Waals surface area (Å²) in [6, 6.07) is 3.09. The molecule has 1 aliphatic rings. The number of hydrogen-bond donors (Lipinski definition) is 3. The predicted octanol–water partition coefficient (Wildman–Crippen LogP) is 2.52. The van der Waals surface area contributed by atoms with Crippen LogP contribution in [0.5, 0.6) is 0 Å². The minimum atomic E-state index is -3.50. The van der Waals surface area contributed by atoms with Crippen molar-refractivity contribution in [3.05, 3.63) is 16.5 Å². The van der Waals surface area contributed by atoms with Gasteiger partial charge in [-0.25, -0.2) is 13.1 Å². The molecule has 1 fully saturated rings. The molecule has 3 N–H and O–H groups in total. The molecule has 1 unspecified atom stereocenters. The van der Waals surface area contributed by atoms with Crippen LogP contribution < -0.4 is 15.4 Å². The van der Waals surface area contributed by atoms with Crippen molar-refractivity contribution in [2.24, 2.45) is 4.99 Å². The van der Waals surface area contributed by atoms with Crippen LogP contribution in [-0.4, -0.2) is 51.1 Å². The van der Waals surface area contributed by atoms with Gasteiger partial charge < -0.3 is 10.6 Å². The van der Waals surface area contributed by atoms with E-state index >= 15 is 0 Å². The molecule has 0 aliphatic carbocycles. The number of sulfonamides is 1. The van der Waals surface area contributed by atoms with Gasteiger partial charge in [0, 0.05) is 24.4 Å². The number of aliphatic imine (C=N–C) groups is 1. The summed E-state index contributed by atoms with van der Waals surface area (Å²) < 4.78 is 27.7. The molecule has 0 bridgehead atoms. The molecule has 0 aromatic carbocycles. The zero-order chi connectivity index (χ0) is 18.3. The minimum absolute atomic E-state index is 0.211. The van der Waals surface area contributed by atoms with Gasteiger partial charge in [-0.15, -0.1) is 11.3 Å². The molecule has 10 heteroatoms. The molecular formula is C15H25ClN4O2S3. The second kappa shape index (κ2) is 9.45. The Balaban J connectivity index is 1.80. The molecule has 2 rings (SSSR count). The molecule has 1 aromatic rings. The largest absolute Gasteiger partial charge is 0.357 e. The Kier molecular flexibility index (Phi) is 7.88. The Morgan fingerprint density at radius 1 is 1.36 bits per heavy atom. The number of nitrogens with one attached hydrogen (secondary N) is 3. The molecule has 0 amide bonds. The monoisotopic (exact) mass is 424 g/mol. The number of thioether (sulfide) groups is 1. The fraction of sp³-hybridized carbons (Fsp3) is 0.667. The molecule has 0 saturated carbocycles. The number of halogens is 1. The summed E-state index contributed by atoms with van der Waals surface area (Å²) in [5, 5.41) is 6.36. The van der Waals surface area contributed by atoms with E-state index in [2.05, 4.69) is 27.3 Å². The molecule has 0 radical (unpaired) electrons. The number of rotatable bonds is 8. The van der Waals surface area contributed by atoms with Crippen LogP contribution in [0.2, 0.25) is 4.34 Å². The molecule has 25 heavy (non-hydrogen) atoms. The van der Waals surface area contributed by atoms with E-state index in [1.807, 2.05) is 18.7 Å². The molecule has 142 valence electrons. The van der Waals surface area contributed by atoms with Crippen LogP contribution in [0.15, 0.2) is 21.3 Å². The highest BCUT2D eigenvalue weighted by Gasteiger charge is 2.29.